The van der Waals surface area contributed by atoms with Crippen LogP contribution in [-0.2, 0) is 19.1 Å². The number of anilines is 1. The molecule has 0 spiro atoms. The maximum Gasteiger partial charge on any atom is 0.309 e. The third-order valence-electron chi connectivity index (χ3n) is 3.67. The van der Waals surface area contributed by atoms with Gasteiger partial charge in [0.15, 0.2) is 6.61 Å². The van der Waals surface area contributed by atoms with E-state index in [1.54, 1.807) is 42.5 Å². The van der Waals surface area contributed by atoms with E-state index in [2.05, 4.69) is 26.6 Å². The second kappa shape index (κ2) is 12.5. The summed E-state index contributed by atoms with van der Waals surface area (Å²) in [6, 6.07) is 14.1. The Balaban J connectivity index is 1.59. The topological polar surface area (TPSA) is 103 Å². The summed E-state index contributed by atoms with van der Waals surface area (Å²) in [6.45, 7) is 1.88. The van der Waals surface area contributed by atoms with Gasteiger partial charge in [-0.3, -0.25) is 14.4 Å². The van der Waals surface area contributed by atoms with E-state index < -0.39 is 24.4 Å². The van der Waals surface area contributed by atoms with Gasteiger partial charge in [0.1, 0.15) is 11.5 Å². The van der Waals surface area contributed by atoms with Crippen LogP contribution in [0.1, 0.15) is 13.3 Å². The number of hydrogen-bond donors (Lipinski definition) is 2. The number of ether oxygens (including phenoxy) is 3. The Morgan fingerprint density at radius 1 is 0.933 bits per heavy atom. The molecular weight excluding hydrogens is 456 g/mol. The number of carbonyl (C=O) groups excluding carboxylic acids is 3. The van der Waals surface area contributed by atoms with Crippen LogP contribution in [0.25, 0.3) is 0 Å². The van der Waals surface area contributed by atoms with Gasteiger partial charge in [-0.25, -0.2) is 0 Å². The van der Waals surface area contributed by atoms with E-state index in [4.69, 9.17) is 14.2 Å². The zero-order chi connectivity index (χ0) is 21.8. The van der Waals surface area contributed by atoms with Gasteiger partial charge in [0.2, 0.25) is 5.91 Å². The monoisotopic (exact) mass is 478 g/mol. The van der Waals surface area contributed by atoms with Crippen molar-refractivity contribution in [2.24, 2.45) is 0 Å². The summed E-state index contributed by atoms with van der Waals surface area (Å²) >= 11 is 3.32. The van der Waals surface area contributed by atoms with Crippen LogP contribution in [0.4, 0.5) is 5.69 Å². The zero-order valence-corrected chi connectivity index (χ0v) is 18.1. The van der Waals surface area contributed by atoms with Crippen molar-refractivity contribution in [1.82, 2.24) is 5.32 Å². The van der Waals surface area contributed by atoms with E-state index in [0.717, 1.165) is 10.2 Å². The molecule has 2 aromatic rings. The molecule has 0 radical (unpaired) electrons. The van der Waals surface area contributed by atoms with E-state index in [0.29, 0.717) is 18.0 Å². The smallest absolute Gasteiger partial charge is 0.309 e. The van der Waals surface area contributed by atoms with Gasteiger partial charge in [-0.05, 0) is 59.3 Å². The Kier molecular flexibility index (Phi) is 9.66. The van der Waals surface area contributed by atoms with Crippen LogP contribution < -0.4 is 20.1 Å². The molecule has 9 heteroatoms. The number of amides is 2. The van der Waals surface area contributed by atoms with E-state index in [9.17, 15) is 14.4 Å². The molecule has 30 heavy (non-hydrogen) atoms. The molecule has 2 aromatic carbocycles. The largest absolute Gasteiger partial charge is 0.494 e. The number of halogens is 1. The van der Waals surface area contributed by atoms with Crippen LogP contribution in [-0.4, -0.2) is 44.1 Å². The molecule has 0 fully saturated rings. The Labute approximate surface area is 183 Å². The first kappa shape index (κ1) is 23.2. The van der Waals surface area contributed by atoms with E-state index in [-0.39, 0.29) is 19.6 Å². The van der Waals surface area contributed by atoms with Crippen LogP contribution in [0.2, 0.25) is 0 Å². The number of para-hydroxylation sites is 1. The van der Waals surface area contributed by atoms with Crippen LogP contribution in [0.15, 0.2) is 53.0 Å². The standard InChI is InChI=1S/C21H23BrN2O6/c1-2-28-15-7-9-16(10-8-15)29-12-11-21(27)30-14-20(26)23-13-19(25)24-18-6-4-3-5-17(18)22/h3-10H,2,11-14H2,1H3,(H,23,26)(H,24,25). The minimum absolute atomic E-state index is 0.0109. The zero-order valence-electron chi connectivity index (χ0n) is 16.5. The first-order valence-corrected chi connectivity index (χ1v) is 10.1. The molecule has 0 aromatic heterocycles. The fourth-order valence-corrected chi connectivity index (χ4v) is 2.64. The summed E-state index contributed by atoms with van der Waals surface area (Å²) in [5, 5.41) is 5.04. The number of benzene rings is 2. The van der Waals surface area contributed by atoms with E-state index >= 15 is 0 Å². The predicted molar refractivity (Wildman–Crippen MR) is 114 cm³/mol. The highest BCUT2D eigenvalue weighted by Crippen LogP contribution is 2.20. The number of rotatable bonds is 11. The summed E-state index contributed by atoms with van der Waals surface area (Å²) in [4.78, 5) is 35.3. The van der Waals surface area contributed by atoms with Gasteiger partial charge in [0.05, 0.1) is 31.9 Å². The Bertz CT molecular complexity index is 857. The predicted octanol–water partition coefficient (Wildman–Crippen LogP) is 2.91. The highest BCUT2D eigenvalue weighted by molar-refractivity contribution is 9.10. The van der Waals surface area contributed by atoms with Gasteiger partial charge in [-0.1, -0.05) is 12.1 Å². The fraction of sp³-hybridized carbons (Fsp3) is 0.286. The third kappa shape index (κ3) is 8.52. The van der Waals surface area contributed by atoms with Crippen LogP contribution in [0.3, 0.4) is 0 Å². The lowest BCUT2D eigenvalue weighted by Gasteiger charge is -2.09. The molecule has 160 valence electrons. The highest BCUT2D eigenvalue weighted by atomic mass is 79.9. The lowest BCUT2D eigenvalue weighted by atomic mass is 10.3. The van der Waals surface area contributed by atoms with Crippen molar-refractivity contribution < 1.29 is 28.6 Å². The van der Waals surface area contributed by atoms with Crippen molar-refractivity contribution in [3.05, 3.63) is 53.0 Å². The summed E-state index contributed by atoms with van der Waals surface area (Å²) in [5.74, 6) is -0.211. The molecule has 2 amide bonds. The van der Waals surface area contributed by atoms with Crippen molar-refractivity contribution in [2.75, 3.05) is 31.7 Å². The van der Waals surface area contributed by atoms with Gasteiger partial charge in [0.25, 0.3) is 5.91 Å². The number of carbonyl (C=O) groups is 3. The molecule has 2 N–H and O–H groups in total. The number of nitrogens with one attached hydrogen (secondary N) is 2. The Morgan fingerprint density at radius 2 is 1.60 bits per heavy atom. The van der Waals surface area contributed by atoms with Gasteiger partial charge in [-0.2, -0.15) is 0 Å². The van der Waals surface area contributed by atoms with Crippen LogP contribution in [0.5, 0.6) is 11.5 Å². The van der Waals surface area contributed by atoms with Gasteiger partial charge in [-0.15, -0.1) is 0 Å². The lowest BCUT2D eigenvalue weighted by Crippen LogP contribution is -2.35. The molecule has 0 aliphatic heterocycles. The minimum Gasteiger partial charge on any atom is -0.494 e. The maximum atomic E-state index is 11.9. The second-order valence-electron chi connectivity index (χ2n) is 5.97. The number of hydrogen-bond acceptors (Lipinski definition) is 6. The Morgan fingerprint density at radius 3 is 2.27 bits per heavy atom. The quantitative estimate of drug-likeness (QED) is 0.481. The molecule has 0 aliphatic carbocycles. The lowest BCUT2D eigenvalue weighted by molar-refractivity contribution is -0.149. The van der Waals surface area contributed by atoms with Gasteiger partial charge in [0, 0.05) is 4.47 Å². The van der Waals surface area contributed by atoms with Crippen molar-refractivity contribution in [1.29, 1.82) is 0 Å². The van der Waals surface area contributed by atoms with E-state index in [1.807, 2.05) is 13.0 Å². The van der Waals surface area contributed by atoms with Gasteiger partial charge < -0.3 is 24.8 Å². The van der Waals surface area contributed by atoms with Crippen molar-refractivity contribution in [2.45, 2.75) is 13.3 Å². The average Bonchev–Trinajstić information content (AvgIpc) is 2.74. The molecule has 0 aliphatic rings. The Hall–Kier alpha value is -3.07. The molecule has 0 atom stereocenters. The SMILES string of the molecule is CCOc1ccc(OCCC(=O)OCC(=O)NCC(=O)Nc2ccccc2Br)cc1. The van der Waals surface area contributed by atoms with Crippen molar-refractivity contribution in [3.8, 4) is 11.5 Å². The second-order valence-corrected chi connectivity index (χ2v) is 6.82. The molecule has 2 rings (SSSR count). The van der Waals surface area contributed by atoms with Crippen molar-refractivity contribution >= 4 is 39.4 Å². The molecule has 8 nitrogen and oxygen atoms in total. The molecule has 0 unspecified atom stereocenters. The molecule has 0 heterocycles. The first-order chi connectivity index (χ1) is 14.5. The molecule has 0 bridgehead atoms. The summed E-state index contributed by atoms with van der Waals surface area (Å²) in [5.41, 5.74) is 0.593. The van der Waals surface area contributed by atoms with Crippen LogP contribution in [0, 0.1) is 0 Å². The van der Waals surface area contributed by atoms with E-state index in [1.165, 1.54) is 0 Å². The van der Waals surface area contributed by atoms with Crippen molar-refractivity contribution in [3.63, 3.8) is 0 Å². The average molecular weight is 479 g/mol. The van der Waals surface area contributed by atoms with Crippen LogP contribution >= 0.6 is 15.9 Å². The number of esters is 1. The molecule has 0 saturated heterocycles. The minimum atomic E-state index is -0.575. The fourth-order valence-electron chi connectivity index (χ4n) is 2.26. The third-order valence-corrected chi connectivity index (χ3v) is 4.36. The summed E-state index contributed by atoms with van der Waals surface area (Å²) < 4.78 is 16.4. The summed E-state index contributed by atoms with van der Waals surface area (Å²) in [7, 11) is 0. The molecule has 0 saturated carbocycles. The normalized spacial score (nSPS) is 10.1. The summed E-state index contributed by atoms with van der Waals surface area (Å²) in [6.07, 6.45) is -0.0109. The maximum absolute atomic E-state index is 11.9. The highest BCUT2D eigenvalue weighted by Gasteiger charge is 2.10. The van der Waals surface area contributed by atoms with Gasteiger partial charge >= 0.3 is 5.97 Å². The first-order valence-electron chi connectivity index (χ1n) is 9.30. The molecular formula is C21H23BrN2O6.